The molecular formula is C26H32ClF3N2O2S. The van der Waals surface area contributed by atoms with Gasteiger partial charge in [-0.15, -0.1) is 0 Å². The molecule has 0 atom stereocenters. The van der Waals surface area contributed by atoms with Crippen molar-refractivity contribution in [2.24, 2.45) is 0 Å². The third kappa shape index (κ3) is 7.54. The maximum Gasteiger partial charge on any atom is 0.264 e. The Morgan fingerprint density at radius 1 is 1.17 bits per heavy atom. The molecule has 0 aromatic heterocycles. The molecular weight excluding hydrogens is 497 g/mol. The van der Waals surface area contributed by atoms with Crippen LogP contribution in [0.2, 0.25) is 5.02 Å². The average Bonchev–Trinajstić information content (AvgIpc) is 3.66. The number of nitrogens with zero attached hydrogens (tertiary/aromatic N) is 1. The van der Waals surface area contributed by atoms with Crippen LogP contribution in [0.1, 0.15) is 66.9 Å². The minimum atomic E-state index is -1.54. The van der Waals surface area contributed by atoms with Crippen molar-refractivity contribution in [1.29, 1.82) is 0 Å². The molecule has 1 saturated heterocycles. The van der Waals surface area contributed by atoms with Gasteiger partial charge in [0.1, 0.15) is 29.7 Å². The first-order valence-corrected chi connectivity index (χ1v) is 13.5. The molecule has 0 bridgehead atoms. The number of piperidine rings is 1. The van der Waals surface area contributed by atoms with Gasteiger partial charge in [0, 0.05) is 37.0 Å². The molecule has 1 amide bonds. The van der Waals surface area contributed by atoms with E-state index in [4.69, 9.17) is 16.3 Å². The van der Waals surface area contributed by atoms with Crippen molar-refractivity contribution >= 4 is 29.5 Å². The second-order valence-corrected chi connectivity index (χ2v) is 9.82. The van der Waals surface area contributed by atoms with Gasteiger partial charge < -0.3 is 4.74 Å². The van der Waals surface area contributed by atoms with Crippen LogP contribution in [0.4, 0.5) is 13.2 Å². The first kappa shape index (κ1) is 27.7. The van der Waals surface area contributed by atoms with Crippen molar-refractivity contribution in [2.45, 2.75) is 57.7 Å². The number of likely N-dealkylation sites (tertiary alicyclic amines) is 1. The standard InChI is InChI=1S/C24H26ClF3N2O2S.C2H6/c1-33-29-23(31)20-11-19(16-2-3-16)22(12-21(20)27)32-14-24(28)4-6-30(7-5-24)13-15-8-17(25)10-18(26)9-15;1-2/h8-12,16H,2-7,13-14H2,1H3,(H,29,31);1-2H3. The van der Waals surface area contributed by atoms with E-state index in [1.807, 2.05) is 13.8 Å². The second-order valence-electron chi connectivity index (χ2n) is 8.77. The molecule has 0 spiro atoms. The van der Waals surface area contributed by atoms with Gasteiger partial charge in [0.15, 0.2) is 0 Å². The van der Waals surface area contributed by atoms with Gasteiger partial charge in [0.2, 0.25) is 0 Å². The Balaban J connectivity index is 0.00000167. The van der Waals surface area contributed by atoms with Crippen LogP contribution in [-0.4, -0.2) is 42.4 Å². The summed E-state index contributed by atoms with van der Waals surface area (Å²) in [5, 5.41) is 0.339. The van der Waals surface area contributed by atoms with Crippen molar-refractivity contribution in [1.82, 2.24) is 9.62 Å². The summed E-state index contributed by atoms with van der Waals surface area (Å²) in [5.41, 5.74) is -0.0637. The van der Waals surface area contributed by atoms with E-state index in [2.05, 4.69) is 9.62 Å². The van der Waals surface area contributed by atoms with E-state index < -0.39 is 23.2 Å². The van der Waals surface area contributed by atoms with Crippen LogP contribution in [0, 0.1) is 11.6 Å². The van der Waals surface area contributed by atoms with Gasteiger partial charge in [-0.2, -0.15) is 0 Å². The van der Waals surface area contributed by atoms with E-state index in [1.54, 1.807) is 12.3 Å². The highest BCUT2D eigenvalue weighted by atomic mass is 35.5. The summed E-state index contributed by atoms with van der Waals surface area (Å²) in [6, 6.07) is 7.14. The minimum Gasteiger partial charge on any atom is -0.490 e. The highest BCUT2D eigenvalue weighted by Gasteiger charge is 2.37. The number of amides is 1. The lowest BCUT2D eigenvalue weighted by Crippen LogP contribution is -2.44. The molecule has 1 saturated carbocycles. The number of carbonyl (C=O) groups is 1. The molecule has 2 aliphatic rings. The molecule has 1 aliphatic heterocycles. The lowest BCUT2D eigenvalue weighted by molar-refractivity contribution is 0.0148. The van der Waals surface area contributed by atoms with Crippen molar-refractivity contribution < 1.29 is 22.7 Å². The molecule has 1 N–H and O–H groups in total. The Bertz CT molecular complexity index is 1010. The molecule has 35 heavy (non-hydrogen) atoms. The Kier molecular flexibility index (Phi) is 9.78. The van der Waals surface area contributed by atoms with Gasteiger partial charge in [-0.25, -0.2) is 13.2 Å². The van der Waals surface area contributed by atoms with Gasteiger partial charge in [-0.3, -0.25) is 14.4 Å². The maximum atomic E-state index is 15.5. The van der Waals surface area contributed by atoms with E-state index in [0.29, 0.717) is 30.4 Å². The van der Waals surface area contributed by atoms with Crippen LogP contribution in [0.15, 0.2) is 30.3 Å². The number of nitrogens with one attached hydrogen (secondary N) is 1. The number of ether oxygens (including phenoxy) is 1. The predicted octanol–water partition coefficient (Wildman–Crippen LogP) is 6.91. The Labute approximate surface area is 214 Å². The monoisotopic (exact) mass is 528 g/mol. The summed E-state index contributed by atoms with van der Waals surface area (Å²) in [4.78, 5) is 14.2. The lowest BCUT2D eigenvalue weighted by atomic mass is 9.93. The number of carbonyl (C=O) groups excluding carboxylic acids is 1. The van der Waals surface area contributed by atoms with Crippen LogP contribution >= 0.6 is 23.5 Å². The Morgan fingerprint density at radius 3 is 2.46 bits per heavy atom. The van der Waals surface area contributed by atoms with Gasteiger partial charge >= 0.3 is 0 Å². The Hall–Kier alpha value is -1.90. The number of rotatable bonds is 8. The minimum absolute atomic E-state index is 0.0284. The van der Waals surface area contributed by atoms with Crippen LogP contribution < -0.4 is 9.46 Å². The summed E-state index contributed by atoms with van der Waals surface area (Å²) in [7, 11) is 0. The fraction of sp³-hybridized carbons (Fsp3) is 0.500. The molecule has 1 aliphatic carbocycles. The van der Waals surface area contributed by atoms with Crippen molar-refractivity contribution in [3.8, 4) is 5.75 Å². The lowest BCUT2D eigenvalue weighted by Gasteiger charge is -2.36. The highest BCUT2D eigenvalue weighted by molar-refractivity contribution is 7.97. The normalized spacial score (nSPS) is 17.3. The summed E-state index contributed by atoms with van der Waals surface area (Å²) in [6.45, 7) is 5.30. The van der Waals surface area contributed by atoms with E-state index in [-0.39, 0.29) is 30.9 Å². The molecule has 0 radical (unpaired) electrons. The molecule has 2 aromatic rings. The SMILES string of the molecule is CC.CSNC(=O)c1cc(C2CC2)c(OCC2(F)CCN(Cc3cc(F)cc(Cl)c3)CC2)cc1F. The predicted molar refractivity (Wildman–Crippen MR) is 136 cm³/mol. The van der Waals surface area contributed by atoms with Crippen molar-refractivity contribution in [3.63, 3.8) is 0 Å². The van der Waals surface area contributed by atoms with Crippen LogP contribution in [0.3, 0.4) is 0 Å². The molecule has 0 unspecified atom stereocenters. The fourth-order valence-corrected chi connectivity index (χ4v) is 4.70. The maximum absolute atomic E-state index is 15.5. The summed E-state index contributed by atoms with van der Waals surface area (Å²) >= 11 is 7.02. The van der Waals surface area contributed by atoms with Crippen molar-refractivity contribution in [2.75, 3.05) is 26.0 Å². The topological polar surface area (TPSA) is 41.6 Å². The largest absolute Gasteiger partial charge is 0.490 e. The number of benzene rings is 2. The summed E-state index contributed by atoms with van der Waals surface area (Å²) < 4.78 is 51.9. The number of hydrogen-bond donors (Lipinski definition) is 1. The third-order valence-corrected chi connectivity index (χ3v) is 6.73. The third-order valence-electron chi connectivity index (χ3n) is 6.12. The zero-order valence-electron chi connectivity index (χ0n) is 20.3. The highest BCUT2D eigenvalue weighted by Crippen LogP contribution is 2.45. The van der Waals surface area contributed by atoms with E-state index in [9.17, 15) is 13.6 Å². The zero-order valence-corrected chi connectivity index (χ0v) is 21.9. The fourth-order valence-electron chi connectivity index (χ4n) is 4.16. The van der Waals surface area contributed by atoms with Crippen LogP contribution in [0.5, 0.6) is 5.75 Å². The average molecular weight is 529 g/mol. The number of hydrogen-bond acceptors (Lipinski definition) is 4. The van der Waals surface area contributed by atoms with Gasteiger partial charge in [-0.1, -0.05) is 37.4 Å². The molecule has 1 heterocycles. The molecule has 4 rings (SSSR count). The van der Waals surface area contributed by atoms with E-state index in [0.717, 1.165) is 35.9 Å². The molecule has 192 valence electrons. The molecule has 2 fully saturated rings. The number of alkyl halides is 1. The first-order chi connectivity index (χ1) is 16.8. The van der Waals surface area contributed by atoms with Crippen LogP contribution in [0.25, 0.3) is 0 Å². The van der Waals surface area contributed by atoms with Gasteiger partial charge in [0.25, 0.3) is 5.91 Å². The number of halogens is 4. The van der Waals surface area contributed by atoms with Crippen molar-refractivity contribution in [3.05, 3.63) is 63.7 Å². The molecule has 2 aromatic carbocycles. The first-order valence-electron chi connectivity index (χ1n) is 11.9. The molecule has 4 nitrogen and oxygen atoms in total. The summed E-state index contributed by atoms with van der Waals surface area (Å²) in [5.74, 6) is -1.06. The molecule has 9 heteroatoms. The van der Waals surface area contributed by atoms with Crippen LogP contribution in [-0.2, 0) is 6.54 Å². The Morgan fingerprint density at radius 2 is 1.86 bits per heavy atom. The quantitative estimate of drug-likeness (QED) is 0.378. The van der Waals surface area contributed by atoms with Gasteiger partial charge in [-0.05, 0) is 67.0 Å². The van der Waals surface area contributed by atoms with E-state index >= 15 is 4.39 Å². The van der Waals surface area contributed by atoms with Gasteiger partial charge in [0.05, 0.1) is 5.56 Å². The smallest absolute Gasteiger partial charge is 0.264 e. The second kappa shape index (κ2) is 12.4. The zero-order chi connectivity index (χ0) is 25.6. The summed E-state index contributed by atoms with van der Waals surface area (Å²) in [6.07, 6.45) is 4.07. The van der Waals surface area contributed by atoms with E-state index in [1.165, 1.54) is 24.3 Å².